The van der Waals surface area contributed by atoms with Gasteiger partial charge >= 0.3 is 29.6 Å². The molecule has 158 valence electrons. The van der Waals surface area contributed by atoms with Crippen LogP contribution in [0.15, 0.2) is 72.3 Å². The number of ketones is 1. The fourth-order valence-electron chi connectivity index (χ4n) is 3.65. The van der Waals surface area contributed by atoms with E-state index in [4.69, 9.17) is 9.47 Å². The topological polar surface area (TPSA) is 101 Å². The van der Waals surface area contributed by atoms with E-state index in [1.54, 1.807) is 66.7 Å². The minimum atomic E-state index is -1.44. The maximum absolute atomic E-state index is 13.5. The standard InChI is InChI=1S/C24H16N2O5S.Na/c27-23(15-4-2-1-3-5-15)17(10-14-6-9-20-21(11-14)31-13-30-20)22(24(28)29)16-7-8-18-19(12-16)26-32-25-18;/h1-9,11-12H,10,13H2,(H,28,29);/q;+1/p-1/b22-17+;. The second kappa shape index (κ2) is 9.84. The van der Waals surface area contributed by atoms with Gasteiger partial charge in [-0.15, -0.1) is 0 Å². The Bertz CT molecular complexity index is 1380. The molecule has 2 heterocycles. The molecule has 4 aromatic rings. The molecule has 0 aliphatic carbocycles. The Morgan fingerprint density at radius 3 is 2.42 bits per heavy atom. The SMILES string of the molecule is O=C([O-])/C(=C(\Cc1ccc2c(c1)OCO2)C(=O)c1ccccc1)c1ccc2nsnc2c1.[Na+]. The van der Waals surface area contributed by atoms with E-state index in [1.165, 1.54) is 0 Å². The molecule has 0 atom stereocenters. The number of ether oxygens (including phenoxy) is 2. The zero-order valence-corrected chi connectivity index (χ0v) is 20.4. The van der Waals surface area contributed by atoms with E-state index in [2.05, 4.69) is 8.75 Å². The van der Waals surface area contributed by atoms with E-state index in [0.29, 0.717) is 39.2 Å². The first kappa shape index (κ1) is 23.1. The van der Waals surface area contributed by atoms with Crippen molar-refractivity contribution < 1.29 is 53.7 Å². The van der Waals surface area contributed by atoms with Crippen LogP contribution in [0.5, 0.6) is 11.5 Å². The van der Waals surface area contributed by atoms with Crippen molar-refractivity contribution in [1.82, 2.24) is 8.75 Å². The van der Waals surface area contributed by atoms with Crippen molar-refractivity contribution in [2.45, 2.75) is 6.42 Å². The number of carboxylic acids is 1. The molecule has 0 fully saturated rings. The zero-order valence-electron chi connectivity index (χ0n) is 17.6. The number of hydrogen-bond acceptors (Lipinski definition) is 8. The number of aliphatic carboxylic acids is 1. The van der Waals surface area contributed by atoms with Crippen LogP contribution < -0.4 is 44.1 Å². The Kier molecular flexibility index (Phi) is 6.90. The molecular formula is C24H15N2NaO5S. The first-order valence-corrected chi connectivity index (χ1v) is 10.5. The van der Waals surface area contributed by atoms with Crippen LogP contribution in [-0.2, 0) is 11.2 Å². The van der Waals surface area contributed by atoms with Crippen LogP contribution in [0.3, 0.4) is 0 Å². The number of rotatable bonds is 6. The summed E-state index contributed by atoms with van der Waals surface area (Å²) in [5.74, 6) is -0.666. The molecule has 0 spiro atoms. The summed E-state index contributed by atoms with van der Waals surface area (Å²) in [5, 5.41) is 12.3. The van der Waals surface area contributed by atoms with Crippen molar-refractivity contribution in [3.63, 3.8) is 0 Å². The van der Waals surface area contributed by atoms with Crippen molar-refractivity contribution in [3.05, 3.63) is 89.0 Å². The third kappa shape index (κ3) is 4.69. The summed E-state index contributed by atoms with van der Waals surface area (Å²) in [5.41, 5.74) is 2.58. The molecule has 1 aliphatic rings. The van der Waals surface area contributed by atoms with Gasteiger partial charge < -0.3 is 19.4 Å². The average Bonchev–Trinajstić information content (AvgIpc) is 3.47. The van der Waals surface area contributed by atoms with E-state index >= 15 is 0 Å². The monoisotopic (exact) mass is 466 g/mol. The molecule has 0 bridgehead atoms. The first-order chi connectivity index (χ1) is 15.6. The summed E-state index contributed by atoms with van der Waals surface area (Å²) in [7, 11) is 0. The van der Waals surface area contributed by atoms with Gasteiger partial charge in [0.15, 0.2) is 17.3 Å². The Labute approximate surface area is 215 Å². The van der Waals surface area contributed by atoms with Gasteiger partial charge in [-0.2, -0.15) is 8.75 Å². The Morgan fingerprint density at radius 1 is 0.879 bits per heavy atom. The normalized spacial score (nSPS) is 12.7. The Morgan fingerprint density at radius 2 is 1.64 bits per heavy atom. The van der Waals surface area contributed by atoms with Gasteiger partial charge in [-0.1, -0.05) is 42.5 Å². The van der Waals surface area contributed by atoms with Gasteiger partial charge in [-0.05, 0) is 35.4 Å². The van der Waals surface area contributed by atoms with Gasteiger partial charge in [0.1, 0.15) is 11.0 Å². The Hall–Kier alpha value is -3.04. The van der Waals surface area contributed by atoms with Gasteiger partial charge in [-0.3, -0.25) is 4.79 Å². The first-order valence-electron chi connectivity index (χ1n) is 9.75. The summed E-state index contributed by atoms with van der Waals surface area (Å²) in [4.78, 5) is 25.8. The van der Waals surface area contributed by atoms with Crippen molar-refractivity contribution in [2.24, 2.45) is 0 Å². The zero-order chi connectivity index (χ0) is 22.1. The Balaban J connectivity index is 0.00000259. The predicted octanol–water partition coefficient (Wildman–Crippen LogP) is 0.0531. The van der Waals surface area contributed by atoms with E-state index in [-0.39, 0.29) is 59.7 Å². The molecule has 5 rings (SSSR count). The van der Waals surface area contributed by atoms with E-state index in [0.717, 1.165) is 11.7 Å². The van der Waals surface area contributed by atoms with Crippen LogP contribution in [0.25, 0.3) is 16.6 Å². The number of allylic oxidation sites excluding steroid dienone is 1. The van der Waals surface area contributed by atoms with Crippen LogP contribution >= 0.6 is 11.7 Å². The molecule has 0 N–H and O–H groups in total. The molecule has 0 unspecified atom stereocenters. The summed E-state index contributed by atoms with van der Waals surface area (Å²) < 4.78 is 19.1. The number of carboxylic acid groups (broad SMARTS) is 1. The largest absolute Gasteiger partial charge is 1.00 e. The maximum Gasteiger partial charge on any atom is 1.00 e. The van der Waals surface area contributed by atoms with Crippen molar-refractivity contribution in [2.75, 3.05) is 6.79 Å². The van der Waals surface area contributed by atoms with E-state index in [1.807, 2.05) is 0 Å². The van der Waals surface area contributed by atoms with E-state index < -0.39 is 5.97 Å². The molecule has 0 radical (unpaired) electrons. The predicted molar refractivity (Wildman–Crippen MR) is 116 cm³/mol. The molecule has 0 saturated carbocycles. The fraction of sp³-hybridized carbons (Fsp3) is 0.0833. The van der Waals surface area contributed by atoms with Gasteiger partial charge in [0.2, 0.25) is 6.79 Å². The number of benzene rings is 3. The molecule has 0 amide bonds. The summed E-state index contributed by atoms with van der Waals surface area (Å²) >= 11 is 1.04. The van der Waals surface area contributed by atoms with E-state index in [9.17, 15) is 14.7 Å². The van der Waals surface area contributed by atoms with Crippen molar-refractivity contribution >= 4 is 40.1 Å². The average molecular weight is 466 g/mol. The molecule has 3 aromatic carbocycles. The molecule has 1 aliphatic heterocycles. The summed E-state index contributed by atoms with van der Waals surface area (Å²) in [6, 6.07) is 18.8. The number of carbonyl (C=O) groups excluding carboxylic acids is 2. The number of carbonyl (C=O) groups is 2. The number of Topliss-reactive ketones (excluding diaryl/α,β-unsaturated/α-hetero) is 1. The molecule has 33 heavy (non-hydrogen) atoms. The summed E-state index contributed by atoms with van der Waals surface area (Å²) in [6.07, 6.45) is 0.0705. The van der Waals surface area contributed by atoms with Crippen LogP contribution in [0, 0.1) is 0 Å². The third-order valence-corrected chi connectivity index (χ3v) is 5.73. The second-order valence-corrected chi connectivity index (χ2v) is 7.70. The van der Waals surface area contributed by atoms with Gasteiger partial charge in [-0.25, -0.2) is 0 Å². The van der Waals surface area contributed by atoms with Crippen LogP contribution in [0.2, 0.25) is 0 Å². The molecular weight excluding hydrogens is 451 g/mol. The van der Waals surface area contributed by atoms with Crippen molar-refractivity contribution in [1.29, 1.82) is 0 Å². The van der Waals surface area contributed by atoms with Crippen LogP contribution in [0.1, 0.15) is 21.5 Å². The minimum absolute atomic E-state index is 0. The number of nitrogens with zero attached hydrogens (tertiary/aromatic N) is 2. The number of hydrogen-bond donors (Lipinski definition) is 0. The van der Waals surface area contributed by atoms with Crippen LogP contribution in [-0.4, -0.2) is 27.3 Å². The quantitative estimate of drug-likeness (QED) is 0.225. The molecule has 0 saturated heterocycles. The molecule has 9 heteroatoms. The van der Waals surface area contributed by atoms with Gasteiger partial charge in [0, 0.05) is 23.1 Å². The van der Waals surface area contributed by atoms with Gasteiger partial charge in [0.05, 0.1) is 17.7 Å². The minimum Gasteiger partial charge on any atom is -0.545 e. The van der Waals surface area contributed by atoms with Crippen molar-refractivity contribution in [3.8, 4) is 11.5 Å². The second-order valence-electron chi connectivity index (χ2n) is 7.17. The van der Waals surface area contributed by atoms with Crippen LogP contribution in [0.4, 0.5) is 0 Å². The smallest absolute Gasteiger partial charge is 0.545 e. The maximum atomic E-state index is 13.5. The molecule has 7 nitrogen and oxygen atoms in total. The molecule has 1 aromatic heterocycles. The number of fused-ring (bicyclic) bond motifs is 2. The third-order valence-electron chi connectivity index (χ3n) is 5.18. The van der Waals surface area contributed by atoms with Gasteiger partial charge in [0.25, 0.3) is 0 Å². The summed E-state index contributed by atoms with van der Waals surface area (Å²) in [6.45, 7) is 0.121. The number of aromatic nitrogens is 2. The fourth-order valence-corrected chi connectivity index (χ4v) is 4.17.